The number of rotatable bonds is 3. The van der Waals surface area contributed by atoms with Crippen LogP contribution in [0.2, 0.25) is 0 Å². The van der Waals surface area contributed by atoms with E-state index in [1.807, 2.05) is 0 Å². The van der Waals surface area contributed by atoms with Gasteiger partial charge in [-0.1, -0.05) is 19.3 Å². The smallest absolute Gasteiger partial charge is 0.240 e. The lowest BCUT2D eigenvalue weighted by molar-refractivity contribution is 0.412. The van der Waals surface area contributed by atoms with Gasteiger partial charge in [-0.15, -0.1) is 0 Å². The van der Waals surface area contributed by atoms with Crippen molar-refractivity contribution in [2.24, 2.45) is 0 Å². The van der Waals surface area contributed by atoms with Crippen molar-refractivity contribution in [2.45, 2.75) is 43.0 Å². The Morgan fingerprint density at radius 1 is 1.22 bits per heavy atom. The largest absolute Gasteiger partial charge is 0.398 e. The summed E-state index contributed by atoms with van der Waals surface area (Å²) in [4.78, 5) is 0.258. The Labute approximate surface area is 116 Å². The predicted molar refractivity (Wildman–Crippen MR) is 75.7 cm³/mol. The van der Waals surface area contributed by atoms with Crippen LogP contribution in [0.5, 0.6) is 0 Å². The van der Waals surface area contributed by atoms with E-state index in [1.165, 1.54) is 12.5 Å². The maximum Gasteiger partial charge on any atom is 0.240 e. The van der Waals surface area contributed by atoms with Crippen LogP contribution in [0.25, 0.3) is 0 Å². The predicted octanol–water partition coefficient (Wildman–Crippen LogP) is 2.64. The van der Waals surface area contributed by atoms with Gasteiger partial charge in [0.1, 0.15) is 0 Å². The fourth-order valence-corrected chi connectivity index (χ4v) is 4.04. The first-order valence-electron chi connectivity index (χ1n) is 6.06. The van der Waals surface area contributed by atoms with E-state index in [2.05, 4.69) is 20.7 Å². The first kappa shape index (κ1) is 13.8. The molecule has 1 saturated carbocycles. The second-order valence-electron chi connectivity index (χ2n) is 4.64. The molecule has 0 aliphatic heterocycles. The highest BCUT2D eigenvalue weighted by Crippen LogP contribution is 2.24. The summed E-state index contributed by atoms with van der Waals surface area (Å²) in [6.45, 7) is 0. The van der Waals surface area contributed by atoms with Crippen molar-refractivity contribution in [3.63, 3.8) is 0 Å². The quantitative estimate of drug-likeness (QED) is 0.836. The number of nitrogens with one attached hydrogen (secondary N) is 1. The van der Waals surface area contributed by atoms with E-state index in [1.54, 1.807) is 12.1 Å². The summed E-state index contributed by atoms with van der Waals surface area (Å²) in [5.41, 5.74) is 6.19. The number of nitrogens with two attached hydrogens (primary N) is 1. The van der Waals surface area contributed by atoms with Gasteiger partial charge in [0.25, 0.3) is 0 Å². The van der Waals surface area contributed by atoms with Gasteiger partial charge in [-0.2, -0.15) is 0 Å². The highest BCUT2D eigenvalue weighted by atomic mass is 79.9. The molecule has 18 heavy (non-hydrogen) atoms. The van der Waals surface area contributed by atoms with Crippen molar-refractivity contribution in [1.82, 2.24) is 4.72 Å². The Kier molecular flexibility index (Phi) is 4.29. The van der Waals surface area contributed by atoms with Gasteiger partial charge in [0.15, 0.2) is 0 Å². The zero-order valence-corrected chi connectivity index (χ0v) is 12.4. The average molecular weight is 333 g/mol. The molecule has 0 saturated heterocycles. The maximum absolute atomic E-state index is 12.2. The standard InChI is InChI=1S/C12H17BrN2O2S/c13-11-8-10(6-7-12(11)14)18(16,17)15-9-4-2-1-3-5-9/h6-9,15H,1-5,14H2. The van der Waals surface area contributed by atoms with Gasteiger partial charge in [-0.3, -0.25) is 0 Å². The van der Waals surface area contributed by atoms with Crippen LogP contribution in [0.3, 0.4) is 0 Å². The van der Waals surface area contributed by atoms with Gasteiger partial charge in [0.05, 0.1) is 4.90 Å². The first-order valence-corrected chi connectivity index (χ1v) is 8.34. The number of benzene rings is 1. The Bertz CT molecular complexity index is 525. The number of anilines is 1. The van der Waals surface area contributed by atoms with Crippen molar-refractivity contribution in [2.75, 3.05) is 5.73 Å². The highest BCUT2D eigenvalue weighted by molar-refractivity contribution is 9.10. The molecule has 4 nitrogen and oxygen atoms in total. The fourth-order valence-electron chi connectivity index (χ4n) is 2.18. The molecule has 1 aromatic rings. The lowest BCUT2D eigenvalue weighted by Crippen LogP contribution is -2.36. The molecule has 0 heterocycles. The minimum absolute atomic E-state index is 0.0695. The molecule has 0 unspecified atom stereocenters. The van der Waals surface area contributed by atoms with Gasteiger partial charge in [0.2, 0.25) is 10.0 Å². The van der Waals surface area contributed by atoms with Crippen LogP contribution in [0.15, 0.2) is 27.6 Å². The van der Waals surface area contributed by atoms with Crippen molar-refractivity contribution >= 4 is 31.6 Å². The summed E-state index contributed by atoms with van der Waals surface area (Å²) in [5, 5.41) is 0. The molecule has 1 aromatic carbocycles. The monoisotopic (exact) mass is 332 g/mol. The van der Waals surface area contributed by atoms with Crippen LogP contribution in [-0.2, 0) is 10.0 Å². The van der Waals surface area contributed by atoms with Gasteiger partial charge in [-0.25, -0.2) is 13.1 Å². The van der Waals surface area contributed by atoms with Gasteiger partial charge in [-0.05, 0) is 47.0 Å². The zero-order chi connectivity index (χ0) is 13.2. The van der Waals surface area contributed by atoms with Gasteiger partial charge in [0, 0.05) is 16.2 Å². The second-order valence-corrected chi connectivity index (χ2v) is 7.21. The van der Waals surface area contributed by atoms with E-state index in [0.717, 1.165) is 25.7 Å². The molecule has 0 radical (unpaired) electrons. The molecule has 0 bridgehead atoms. The van der Waals surface area contributed by atoms with Crippen molar-refractivity contribution < 1.29 is 8.42 Å². The van der Waals surface area contributed by atoms with Crippen molar-refractivity contribution in [3.8, 4) is 0 Å². The lowest BCUT2D eigenvalue weighted by atomic mass is 9.96. The van der Waals surface area contributed by atoms with E-state index in [4.69, 9.17) is 5.73 Å². The van der Waals surface area contributed by atoms with Gasteiger partial charge < -0.3 is 5.73 Å². The molecule has 6 heteroatoms. The van der Waals surface area contributed by atoms with E-state index >= 15 is 0 Å². The van der Waals surface area contributed by atoms with Crippen LogP contribution in [0.4, 0.5) is 5.69 Å². The zero-order valence-electron chi connectivity index (χ0n) is 10.0. The van der Waals surface area contributed by atoms with Crippen molar-refractivity contribution in [3.05, 3.63) is 22.7 Å². The summed E-state index contributed by atoms with van der Waals surface area (Å²) >= 11 is 3.25. The Balaban J connectivity index is 2.16. The molecular formula is C12H17BrN2O2S. The fraction of sp³-hybridized carbons (Fsp3) is 0.500. The number of sulfonamides is 1. The van der Waals surface area contributed by atoms with E-state index < -0.39 is 10.0 Å². The van der Waals surface area contributed by atoms with Gasteiger partial charge >= 0.3 is 0 Å². The molecule has 0 aromatic heterocycles. The third-order valence-electron chi connectivity index (χ3n) is 3.21. The highest BCUT2D eigenvalue weighted by Gasteiger charge is 2.22. The third kappa shape index (κ3) is 3.24. The molecule has 100 valence electrons. The van der Waals surface area contributed by atoms with Crippen LogP contribution in [0, 0.1) is 0 Å². The number of halogens is 1. The Hall–Kier alpha value is -0.590. The normalized spacial score (nSPS) is 17.8. The summed E-state index contributed by atoms with van der Waals surface area (Å²) in [5.74, 6) is 0. The molecule has 0 atom stereocenters. The number of hydrogen-bond donors (Lipinski definition) is 2. The minimum Gasteiger partial charge on any atom is -0.398 e. The molecule has 1 aliphatic carbocycles. The maximum atomic E-state index is 12.2. The molecule has 3 N–H and O–H groups in total. The van der Waals surface area contributed by atoms with E-state index in [9.17, 15) is 8.42 Å². The van der Waals surface area contributed by atoms with E-state index in [-0.39, 0.29) is 10.9 Å². The van der Waals surface area contributed by atoms with Crippen LogP contribution in [0.1, 0.15) is 32.1 Å². The number of hydrogen-bond acceptors (Lipinski definition) is 3. The summed E-state index contributed by atoms with van der Waals surface area (Å²) in [7, 11) is -3.43. The first-order chi connectivity index (χ1) is 8.49. The molecule has 1 aliphatic rings. The molecule has 0 spiro atoms. The SMILES string of the molecule is Nc1ccc(S(=O)(=O)NC2CCCCC2)cc1Br. The summed E-state index contributed by atoms with van der Waals surface area (Å²) < 4.78 is 27.8. The Morgan fingerprint density at radius 2 is 1.89 bits per heavy atom. The summed E-state index contributed by atoms with van der Waals surface area (Å²) in [6, 6.07) is 4.74. The Morgan fingerprint density at radius 3 is 2.50 bits per heavy atom. The molecular weight excluding hydrogens is 316 g/mol. The lowest BCUT2D eigenvalue weighted by Gasteiger charge is -2.22. The molecule has 2 rings (SSSR count). The topological polar surface area (TPSA) is 72.2 Å². The number of nitrogen functional groups attached to an aromatic ring is 1. The van der Waals surface area contributed by atoms with Crippen LogP contribution < -0.4 is 10.5 Å². The minimum atomic E-state index is -3.43. The average Bonchev–Trinajstić information content (AvgIpc) is 2.33. The molecule has 0 amide bonds. The van der Waals surface area contributed by atoms with Crippen LogP contribution >= 0.6 is 15.9 Å². The van der Waals surface area contributed by atoms with Crippen LogP contribution in [-0.4, -0.2) is 14.5 Å². The second kappa shape index (κ2) is 5.59. The molecule has 1 fully saturated rings. The third-order valence-corrected chi connectivity index (χ3v) is 5.41. The van der Waals surface area contributed by atoms with E-state index in [0.29, 0.717) is 10.2 Å². The summed E-state index contributed by atoms with van der Waals surface area (Å²) in [6.07, 6.45) is 5.24. The van der Waals surface area contributed by atoms with Crippen molar-refractivity contribution in [1.29, 1.82) is 0 Å².